The molecule has 62 valence electrons. The third-order valence-electron chi connectivity index (χ3n) is 2.29. The number of hydrogen-bond acceptors (Lipinski definition) is 1. The van der Waals surface area contributed by atoms with E-state index in [0.29, 0.717) is 11.7 Å². The van der Waals surface area contributed by atoms with Crippen molar-refractivity contribution in [2.45, 2.75) is 33.6 Å². The first kappa shape index (κ1) is 8.51. The second-order valence-electron chi connectivity index (χ2n) is 3.74. The highest BCUT2D eigenvalue weighted by atomic mass is 16.1. The molecule has 0 bridgehead atoms. The Bertz CT molecular complexity index is 189. The van der Waals surface area contributed by atoms with Gasteiger partial charge in [-0.05, 0) is 19.8 Å². The lowest BCUT2D eigenvalue weighted by atomic mass is 9.93. The van der Waals surface area contributed by atoms with Crippen LogP contribution in [0.15, 0.2) is 11.6 Å². The maximum Gasteiger partial charge on any atom is 0.139 e. The van der Waals surface area contributed by atoms with Gasteiger partial charge in [-0.1, -0.05) is 25.5 Å². The second-order valence-corrected chi connectivity index (χ2v) is 3.74. The molecular formula is C10H16O. The van der Waals surface area contributed by atoms with Gasteiger partial charge in [0.05, 0.1) is 0 Å². The van der Waals surface area contributed by atoms with Gasteiger partial charge in [-0.2, -0.15) is 0 Å². The number of ketones is 1. The number of carbonyl (C=O) groups is 1. The van der Waals surface area contributed by atoms with Gasteiger partial charge in [0, 0.05) is 11.8 Å². The molecule has 1 rings (SSSR count). The first-order valence-electron chi connectivity index (χ1n) is 4.30. The zero-order chi connectivity index (χ0) is 8.43. The van der Waals surface area contributed by atoms with Gasteiger partial charge in [0.2, 0.25) is 0 Å². The van der Waals surface area contributed by atoms with Crippen molar-refractivity contribution in [2.75, 3.05) is 0 Å². The van der Waals surface area contributed by atoms with Crippen LogP contribution < -0.4 is 0 Å². The van der Waals surface area contributed by atoms with E-state index in [1.54, 1.807) is 0 Å². The van der Waals surface area contributed by atoms with Crippen molar-refractivity contribution in [2.24, 2.45) is 11.8 Å². The lowest BCUT2D eigenvalue weighted by Crippen LogP contribution is -2.17. The molecule has 0 aromatic carbocycles. The van der Waals surface area contributed by atoms with Gasteiger partial charge >= 0.3 is 0 Å². The summed E-state index contributed by atoms with van der Waals surface area (Å²) < 4.78 is 0. The summed E-state index contributed by atoms with van der Waals surface area (Å²) in [4.78, 5) is 11.5. The van der Waals surface area contributed by atoms with Crippen molar-refractivity contribution in [1.29, 1.82) is 0 Å². The summed E-state index contributed by atoms with van der Waals surface area (Å²) in [5.74, 6) is 0.937. The SMILES string of the molecule is CC1=CCC(C(=O)C(C)C)C1. The number of rotatable bonds is 2. The quantitative estimate of drug-likeness (QED) is 0.556. The lowest BCUT2D eigenvalue weighted by Gasteiger charge is -2.10. The number of allylic oxidation sites excluding steroid dienone is 2. The minimum atomic E-state index is 0.208. The maximum atomic E-state index is 11.5. The van der Waals surface area contributed by atoms with Crippen LogP contribution in [-0.4, -0.2) is 5.78 Å². The predicted octanol–water partition coefficient (Wildman–Crippen LogP) is 2.57. The van der Waals surface area contributed by atoms with E-state index in [1.165, 1.54) is 5.57 Å². The Balaban J connectivity index is 2.47. The molecule has 0 heterocycles. The molecule has 0 fully saturated rings. The summed E-state index contributed by atoms with van der Waals surface area (Å²) in [6, 6.07) is 0. The van der Waals surface area contributed by atoms with E-state index in [2.05, 4.69) is 13.0 Å². The van der Waals surface area contributed by atoms with Crippen LogP contribution in [0.1, 0.15) is 33.6 Å². The molecule has 11 heavy (non-hydrogen) atoms. The Morgan fingerprint density at radius 3 is 2.64 bits per heavy atom. The third-order valence-corrected chi connectivity index (χ3v) is 2.29. The van der Waals surface area contributed by atoms with Crippen molar-refractivity contribution >= 4 is 5.78 Å². The van der Waals surface area contributed by atoms with E-state index in [-0.39, 0.29) is 5.92 Å². The molecule has 1 aliphatic carbocycles. The van der Waals surface area contributed by atoms with Gasteiger partial charge in [-0.15, -0.1) is 0 Å². The fourth-order valence-corrected chi connectivity index (χ4v) is 1.59. The minimum absolute atomic E-state index is 0.208. The van der Waals surface area contributed by atoms with Crippen LogP contribution in [0.4, 0.5) is 0 Å². The Morgan fingerprint density at radius 1 is 1.64 bits per heavy atom. The molecule has 1 atom stereocenters. The third kappa shape index (κ3) is 1.92. The number of hydrogen-bond donors (Lipinski definition) is 0. The van der Waals surface area contributed by atoms with Gasteiger partial charge < -0.3 is 0 Å². The van der Waals surface area contributed by atoms with Crippen LogP contribution in [0.5, 0.6) is 0 Å². The van der Waals surface area contributed by atoms with E-state index in [0.717, 1.165) is 12.8 Å². The summed E-state index contributed by atoms with van der Waals surface area (Å²) in [5.41, 5.74) is 1.38. The Morgan fingerprint density at radius 2 is 2.27 bits per heavy atom. The van der Waals surface area contributed by atoms with E-state index in [9.17, 15) is 4.79 Å². The van der Waals surface area contributed by atoms with Crippen LogP contribution in [0, 0.1) is 11.8 Å². The van der Waals surface area contributed by atoms with Crippen molar-refractivity contribution < 1.29 is 4.79 Å². The Hall–Kier alpha value is -0.590. The normalized spacial score (nSPS) is 24.0. The molecule has 0 radical (unpaired) electrons. The highest BCUT2D eigenvalue weighted by molar-refractivity contribution is 5.83. The monoisotopic (exact) mass is 152 g/mol. The zero-order valence-corrected chi connectivity index (χ0v) is 7.55. The van der Waals surface area contributed by atoms with Crippen molar-refractivity contribution in [3.8, 4) is 0 Å². The minimum Gasteiger partial charge on any atom is -0.299 e. The van der Waals surface area contributed by atoms with Crippen LogP contribution >= 0.6 is 0 Å². The molecule has 0 amide bonds. The molecule has 0 aliphatic heterocycles. The standard InChI is InChI=1S/C10H16O/c1-7(2)10(11)9-5-4-8(3)6-9/h4,7,9H,5-6H2,1-3H3. The Kier molecular flexibility index (Phi) is 2.48. The number of carbonyl (C=O) groups excluding carboxylic acids is 1. The van der Waals surface area contributed by atoms with Crippen LogP contribution in [0.25, 0.3) is 0 Å². The van der Waals surface area contributed by atoms with Crippen molar-refractivity contribution in [3.05, 3.63) is 11.6 Å². The highest BCUT2D eigenvalue weighted by Gasteiger charge is 2.23. The molecule has 0 N–H and O–H groups in total. The van der Waals surface area contributed by atoms with E-state index in [4.69, 9.17) is 0 Å². The summed E-state index contributed by atoms with van der Waals surface area (Å²) in [6.45, 7) is 6.07. The van der Waals surface area contributed by atoms with Crippen LogP contribution in [-0.2, 0) is 4.79 Å². The predicted molar refractivity (Wildman–Crippen MR) is 46.3 cm³/mol. The Labute approximate surface area is 68.5 Å². The summed E-state index contributed by atoms with van der Waals surface area (Å²) in [6.07, 6.45) is 4.16. The zero-order valence-electron chi connectivity index (χ0n) is 7.55. The van der Waals surface area contributed by atoms with Gasteiger partial charge in [0.15, 0.2) is 0 Å². The molecule has 1 aliphatic rings. The smallest absolute Gasteiger partial charge is 0.139 e. The van der Waals surface area contributed by atoms with E-state index >= 15 is 0 Å². The fourth-order valence-electron chi connectivity index (χ4n) is 1.59. The lowest BCUT2D eigenvalue weighted by molar-refractivity contribution is -0.125. The van der Waals surface area contributed by atoms with Crippen LogP contribution in [0.2, 0.25) is 0 Å². The van der Waals surface area contributed by atoms with Gasteiger partial charge in [-0.25, -0.2) is 0 Å². The summed E-state index contributed by atoms with van der Waals surface area (Å²) in [7, 11) is 0. The molecule has 1 heteroatoms. The van der Waals surface area contributed by atoms with Crippen molar-refractivity contribution in [3.63, 3.8) is 0 Å². The molecule has 0 saturated heterocycles. The molecular weight excluding hydrogens is 136 g/mol. The largest absolute Gasteiger partial charge is 0.299 e. The first-order chi connectivity index (χ1) is 5.11. The maximum absolute atomic E-state index is 11.5. The first-order valence-corrected chi connectivity index (χ1v) is 4.30. The molecule has 0 aromatic heterocycles. The summed E-state index contributed by atoms with van der Waals surface area (Å²) >= 11 is 0. The van der Waals surface area contributed by atoms with E-state index < -0.39 is 0 Å². The molecule has 0 aromatic rings. The average molecular weight is 152 g/mol. The second kappa shape index (κ2) is 3.21. The van der Waals surface area contributed by atoms with Crippen LogP contribution in [0.3, 0.4) is 0 Å². The van der Waals surface area contributed by atoms with Gasteiger partial charge in [0.25, 0.3) is 0 Å². The topological polar surface area (TPSA) is 17.1 Å². The summed E-state index contributed by atoms with van der Waals surface area (Å²) in [5, 5.41) is 0. The van der Waals surface area contributed by atoms with E-state index in [1.807, 2.05) is 13.8 Å². The molecule has 0 saturated carbocycles. The van der Waals surface area contributed by atoms with Crippen molar-refractivity contribution in [1.82, 2.24) is 0 Å². The molecule has 1 nitrogen and oxygen atoms in total. The van der Waals surface area contributed by atoms with Gasteiger partial charge in [-0.3, -0.25) is 4.79 Å². The molecule has 0 spiro atoms. The highest BCUT2D eigenvalue weighted by Crippen LogP contribution is 2.26. The molecule has 1 unspecified atom stereocenters. The average Bonchev–Trinajstić information content (AvgIpc) is 2.34. The van der Waals surface area contributed by atoms with Gasteiger partial charge in [0.1, 0.15) is 5.78 Å². The number of Topliss-reactive ketones (excluding diaryl/α,β-unsaturated/α-hetero) is 1. The fraction of sp³-hybridized carbons (Fsp3) is 0.700.